The molecule has 0 aliphatic rings. The van der Waals surface area contributed by atoms with Crippen LogP contribution in [0.15, 0.2) is 23.4 Å². The van der Waals surface area contributed by atoms with Crippen LogP contribution in [0.5, 0.6) is 0 Å². The van der Waals surface area contributed by atoms with Gasteiger partial charge in [0.05, 0.1) is 5.69 Å². The molecule has 0 aliphatic heterocycles. The van der Waals surface area contributed by atoms with Crippen molar-refractivity contribution < 1.29 is 8.42 Å². The fourth-order valence-electron chi connectivity index (χ4n) is 1.65. The number of hydrogen-bond acceptors (Lipinski definition) is 5. The Morgan fingerprint density at radius 1 is 1.26 bits per heavy atom. The van der Waals surface area contributed by atoms with Crippen LogP contribution in [0.3, 0.4) is 0 Å². The van der Waals surface area contributed by atoms with Crippen molar-refractivity contribution in [3.05, 3.63) is 18.3 Å². The minimum absolute atomic E-state index is 0.0535. The van der Waals surface area contributed by atoms with E-state index < -0.39 is 10.0 Å². The molecule has 0 aliphatic carbocycles. The molecule has 7 heteroatoms. The summed E-state index contributed by atoms with van der Waals surface area (Å²) in [6.45, 7) is 3.50. The maximum Gasteiger partial charge on any atom is 0.262 e. The van der Waals surface area contributed by atoms with Gasteiger partial charge in [-0.25, -0.2) is 13.4 Å². The standard InChI is InChI=1S/C12H22N4O2S/c1-4-8-16(10-9-15(2)3)19(17,18)12-11(13)6-5-7-14-12/h5-7H,4,8-10,13H2,1-3H3. The van der Waals surface area contributed by atoms with Crippen molar-refractivity contribution in [1.29, 1.82) is 0 Å². The molecule has 1 rings (SSSR count). The van der Waals surface area contributed by atoms with Crippen molar-refractivity contribution in [2.24, 2.45) is 0 Å². The number of pyridine rings is 1. The second-order valence-electron chi connectivity index (χ2n) is 4.61. The first-order valence-electron chi connectivity index (χ1n) is 6.25. The molecule has 0 radical (unpaired) electrons. The van der Waals surface area contributed by atoms with Crippen LogP contribution < -0.4 is 5.73 Å². The first-order chi connectivity index (χ1) is 8.89. The van der Waals surface area contributed by atoms with E-state index in [-0.39, 0.29) is 10.7 Å². The van der Waals surface area contributed by atoms with Gasteiger partial charge in [-0.3, -0.25) is 0 Å². The molecule has 6 nitrogen and oxygen atoms in total. The Bertz CT molecular complexity index is 502. The van der Waals surface area contributed by atoms with Gasteiger partial charge >= 0.3 is 0 Å². The molecule has 0 aromatic carbocycles. The lowest BCUT2D eigenvalue weighted by Crippen LogP contribution is -2.37. The third-order valence-electron chi connectivity index (χ3n) is 2.65. The minimum Gasteiger partial charge on any atom is -0.396 e. The lowest BCUT2D eigenvalue weighted by Gasteiger charge is -2.23. The van der Waals surface area contributed by atoms with E-state index in [1.165, 1.54) is 10.5 Å². The number of nitrogens with two attached hydrogens (primary N) is 1. The van der Waals surface area contributed by atoms with Gasteiger partial charge in [0.1, 0.15) is 0 Å². The zero-order chi connectivity index (χ0) is 14.5. The molecule has 1 heterocycles. The van der Waals surface area contributed by atoms with Crippen molar-refractivity contribution >= 4 is 15.7 Å². The number of likely N-dealkylation sites (N-methyl/N-ethyl adjacent to an activating group) is 1. The molecular formula is C12H22N4O2S. The molecule has 0 amide bonds. The SMILES string of the molecule is CCCN(CCN(C)C)S(=O)(=O)c1ncccc1N. The highest BCUT2D eigenvalue weighted by Crippen LogP contribution is 2.19. The summed E-state index contributed by atoms with van der Waals surface area (Å²) in [5.74, 6) is 0. The number of aromatic nitrogens is 1. The van der Waals surface area contributed by atoms with Gasteiger partial charge in [-0.05, 0) is 32.6 Å². The maximum atomic E-state index is 12.5. The van der Waals surface area contributed by atoms with Crippen molar-refractivity contribution in [1.82, 2.24) is 14.2 Å². The number of nitrogens with zero attached hydrogens (tertiary/aromatic N) is 3. The van der Waals surface area contributed by atoms with Crippen molar-refractivity contribution in [3.8, 4) is 0 Å². The van der Waals surface area contributed by atoms with Crippen molar-refractivity contribution in [3.63, 3.8) is 0 Å². The summed E-state index contributed by atoms with van der Waals surface area (Å²) in [6, 6.07) is 3.17. The van der Waals surface area contributed by atoms with Gasteiger partial charge in [-0.15, -0.1) is 0 Å². The maximum absolute atomic E-state index is 12.5. The Balaban J connectivity index is 3.03. The Labute approximate surface area is 115 Å². The first kappa shape index (κ1) is 15.9. The predicted molar refractivity (Wildman–Crippen MR) is 76.3 cm³/mol. The lowest BCUT2D eigenvalue weighted by atomic mass is 10.4. The Morgan fingerprint density at radius 2 is 1.95 bits per heavy atom. The molecule has 1 aromatic heterocycles. The molecule has 0 bridgehead atoms. The summed E-state index contributed by atoms with van der Waals surface area (Å²) in [5, 5.41) is -0.0535. The second-order valence-corrected chi connectivity index (χ2v) is 6.46. The van der Waals surface area contributed by atoms with Crippen molar-refractivity contribution in [2.75, 3.05) is 39.5 Å². The molecule has 2 N–H and O–H groups in total. The van der Waals surface area contributed by atoms with E-state index in [1.54, 1.807) is 12.1 Å². The molecular weight excluding hydrogens is 264 g/mol. The fraction of sp³-hybridized carbons (Fsp3) is 0.583. The third-order valence-corrected chi connectivity index (χ3v) is 4.53. The summed E-state index contributed by atoms with van der Waals surface area (Å²) >= 11 is 0. The average Bonchev–Trinajstić information content (AvgIpc) is 2.34. The van der Waals surface area contributed by atoms with E-state index >= 15 is 0 Å². The summed E-state index contributed by atoms with van der Waals surface area (Å²) in [5.41, 5.74) is 5.91. The van der Waals surface area contributed by atoms with Gasteiger partial charge in [0.15, 0.2) is 5.03 Å². The van der Waals surface area contributed by atoms with Crippen LogP contribution in [0.25, 0.3) is 0 Å². The van der Waals surface area contributed by atoms with E-state index in [4.69, 9.17) is 5.73 Å². The number of rotatable bonds is 7. The van der Waals surface area contributed by atoms with Crippen LogP contribution in [0.1, 0.15) is 13.3 Å². The normalized spacial score (nSPS) is 12.3. The molecule has 0 saturated carbocycles. The Hall–Kier alpha value is -1.18. The first-order valence-corrected chi connectivity index (χ1v) is 7.69. The zero-order valence-corrected chi connectivity index (χ0v) is 12.5. The van der Waals surface area contributed by atoms with Gasteiger partial charge in [-0.2, -0.15) is 4.31 Å². The summed E-state index contributed by atoms with van der Waals surface area (Å²) in [7, 11) is 0.198. The van der Waals surface area contributed by atoms with Crippen LogP contribution >= 0.6 is 0 Å². The molecule has 1 aromatic rings. The van der Waals surface area contributed by atoms with Crippen LogP contribution in [-0.4, -0.2) is 56.3 Å². The quantitative estimate of drug-likeness (QED) is 0.795. The molecule has 0 spiro atoms. The number of sulfonamides is 1. The van der Waals surface area contributed by atoms with Crippen LogP contribution in [0.2, 0.25) is 0 Å². The number of nitrogen functional groups attached to an aromatic ring is 1. The van der Waals surface area contributed by atoms with E-state index in [2.05, 4.69) is 4.98 Å². The molecule has 0 saturated heterocycles. The van der Waals surface area contributed by atoms with Crippen LogP contribution in [0, 0.1) is 0 Å². The van der Waals surface area contributed by atoms with Gasteiger partial charge in [0, 0.05) is 25.8 Å². The summed E-state index contributed by atoms with van der Waals surface area (Å²) in [6.07, 6.45) is 2.19. The van der Waals surface area contributed by atoms with E-state index in [0.29, 0.717) is 19.6 Å². The highest BCUT2D eigenvalue weighted by atomic mass is 32.2. The second kappa shape index (κ2) is 6.83. The van der Waals surface area contributed by atoms with Gasteiger partial charge in [0.25, 0.3) is 10.0 Å². The molecule has 0 atom stereocenters. The summed E-state index contributed by atoms with van der Waals surface area (Å²) in [4.78, 5) is 5.86. The number of anilines is 1. The highest BCUT2D eigenvalue weighted by molar-refractivity contribution is 7.89. The summed E-state index contributed by atoms with van der Waals surface area (Å²) < 4.78 is 26.5. The molecule has 19 heavy (non-hydrogen) atoms. The highest BCUT2D eigenvalue weighted by Gasteiger charge is 2.26. The Kier molecular flexibility index (Phi) is 5.71. The van der Waals surface area contributed by atoms with Crippen molar-refractivity contribution in [2.45, 2.75) is 18.4 Å². The van der Waals surface area contributed by atoms with E-state index in [0.717, 1.165) is 6.42 Å². The van der Waals surface area contributed by atoms with Crippen LogP contribution in [-0.2, 0) is 10.0 Å². The van der Waals surface area contributed by atoms with Gasteiger partial charge in [-0.1, -0.05) is 6.92 Å². The van der Waals surface area contributed by atoms with Gasteiger partial charge < -0.3 is 10.6 Å². The zero-order valence-electron chi connectivity index (χ0n) is 11.7. The monoisotopic (exact) mass is 286 g/mol. The molecule has 0 unspecified atom stereocenters. The topological polar surface area (TPSA) is 79.5 Å². The fourth-order valence-corrected chi connectivity index (χ4v) is 3.20. The largest absolute Gasteiger partial charge is 0.396 e. The number of hydrogen-bond donors (Lipinski definition) is 1. The lowest BCUT2D eigenvalue weighted by molar-refractivity contribution is 0.332. The smallest absolute Gasteiger partial charge is 0.262 e. The molecule has 0 fully saturated rings. The minimum atomic E-state index is -3.62. The van der Waals surface area contributed by atoms with E-state index in [9.17, 15) is 8.42 Å². The van der Waals surface area contributed by atoms with Gasteiger partial charge in [0.2, 0.25) is 0 Å². The van der Waals surface area contributed by atoms with Crippen LogP contribution in [0.4, 0.5) is 5.69 Å². The third kappa shape index (κ3) is 4.15. The van der Waals surface area contributed by atoms with E-state index in [1.807, 2.05) is 25.9 Å². The molecule has 108 valence electrons. The average molecular weight is 286 g/mol. The Morgan fingerprint density at radius 3 is 2.47 bits per heavy atom. The predicted octanol–water partition coefficient (Wildman–Crippen LogP) is 0.626.